The summed E-state index contributed by atoms with van der Waals surface area (Å²) in [7, 11) is 1.78. The van der Waals surface area contributed by atoms with Crippen molar-refractivity contribution < 1.29 is 9.84 Å². The van der Waals surface area contributed by atoms with E-state index < -0.39 is 6.10 Å². The zero-order chi connectivity index (χ0) is 15.2. The van der Waals surface area contributed by atoms with E-state index in [0.717, 1.165) is 31.7 Å². The van der Waals surface area contributed by atoms with E-state index in [1.54, 1.807) is 7.11 Å². The summed E-state index contributed by atoms with van der Waals surface area (Å²) < 4.78 is 5.25. The van der Waals surface area contributed by atoms with Gasteiger partial charge in [0.1, 0.15) is 0 Å². The highest BCUT2D eigenvalue weighted by atomic mass is 16.5. The van der Waals surface area contributed by atoms with E-state index in [9.17, 15) is 5.11 Å². The van der Waals surface area contributed by atoms with E-state index in [2.05, 4.69) is 43.0 Å². The van der Waals surface area contributed by atoms with Gasteiger partial charge in [0, 0.05) is 19.8 Å². The Bertz CT molecular complexity index is 410. The minimum atomic E-state index is -0.408. The van der Waals surface area contributed by atoms with Crippen LogP contribution >= 0.6 is 0 Å². The quantitative estimate of drug-likeness (QED) is 0.874. The van der Waals surface area contributed by atoms with Crippen LogP contribution in [0.1, 0.15) is 43.9 Å². The van der Waals surface area contributed by atoms with E-state index >= 15 is 0 Å². The second-order valence-corrected chi connectivity index (χ2v) is 6.22. The van der Waals surface area contributed by atoms with Gasteiger partial charge in [-0.25, -0.2) is 0 Å². The monoisotopic (exact) mass is 291 g/mol. The van der Waals surface area contributed by atoms with Crippen LogP contribution in [0.5, 0.6) is 0 Å². The Hall–Kier alpha value is -0.900. The average molecular weight is 291 g/mol. The minimum absolute atomic E-state index is 0.168. The smallest absolute Gasteiger partial charge is 0.0942 e. The van der Waals surface area contributed by atoms with Gasteiger partial charge in [-0.1, -0.05) is 31.2 Å². The zero-order valence-electron chi connectivity index (χ0n) is 13.6. The molecule has 1 aliphatic heterocycles. The number of likely N-dealkylation sites (tertiary alicyclic amines) is 1. The summed E-state index contributed by atoms with van der Waals surface area (Å²) in [4.78, 5) is 2.41. The molecule has 1 saturated heterocycles. The molecule has 0 spiro atoms. The molecule has 118 valence electrons. The summed E-state index contributed by atoms with van der Waals surface area (Å²) in [6, 6.07) is 8.54. The molecule has 3 heteroatoms. The number of rotatable bonds is 6. The Morgan fingerprint density at radius 1 is 1.24 bits per heavy atom. The molecule has 3 nitrogen and oxygen atoms in total. The predicted molar refractivity (Wildman–Crippen MR) is 86.4 cm³/mol. The van der Waals surface area contributed by atoms with E-state index in [1.165, 1.54) is 18.4 Å². The second-order valence-electron chi connectivity index (χ2n) is 6.22. The van der Waals surface area contributed by atoms with Gasteiger partial charge >= 0.3 is 0 Å². The molecule has 2 atom stereocenters. The topological polar surface area (TPSA) is 32.7 Å². The lowest BCUT2D eigenvalue weighted by Gasteiger charge is -2.38. The van der Waals surface area contributed by atoms with Crippen molar-refractivity contribution in [3.8, 4) is 0 Å². The van der Waals surface area contributed by atoms with Crippen LogP contribution in [0.3, 0.4) is 0 Å². The SMILES string of the molecule is CCc1ccc(C(O)C(C)N2CCC(COC)CC2)cc1. The van der Waals surface area contributed by atoms with Gasteiger partial charge in [-0.2, -0.15) is 0 Å². The van der Waals surface area contributed by atoms with Crippen LogP contribution < -0.4 is 0 Å². The molecule has 0 saturated carbocycles. The van der Waals surface area contributed by atoms with Crippen molar-refractivity contribution in [3.05, 3.63) is 35.4 Å². The van der Waals surface area contributed by atoms with Crippen molar-refractivity contribution in [3.63, 3.8) is 0 Å². The molecule has 1 aromatic carbocycles. The Morgan fingerprint density at radius 3 is 2.38 bits per heavy atom. The first kappa shape index (κ1) is 16.5. The summed E-state index contributed by atoms with van der Waals surface area (Å²) in [5.74, 6) is 0.680. The van der Waals surface area contributed by atoms with Gasteiger partial charge in [0.05, 0.1) is 6.10 Å². The number of nitrogens with zero attached hydrogens (tertiary/aromatic N) is 1. The number of aliphatic hydroxyl groups is 1. The van der Waals surface area contributed by atoms with E-state index in [1.807, 2.05) is 0 Å². The predicted octanol–water partition coefficient (Wildman–Crippen LogP) is 3.03. The number of hydrogen-bond acceptors (Lipinski definition) is 3. The summed E-state index contributed by atoms with van der Waals surface area (Å²) in [6.45, 7) is 7.26. The molecule has 21 heavy (non-hydrogen) atoms. The van der Waals surface area contributed by atoms with E-state index in [-0.39, 0.29) is 6.04 Å². The maximum Gasteiger partial charge on any atom is 0.0942 e. The number of ether oxygens (including phenoxy) is 1. The number of piperidine rings is 1. The molecular formula is C18H29NO2. The number of aryl methyl sites for hydroxylation is 1. The maximum absolute atomic E-state index is 10.6. The lowest BCUT2D eigenvalue weighted by molar-refractivity contribution is 0.0252. The highest BCUT2D eigenvalue weighted by Gasteiger charge is 2.27. The van der Waals surface area contributed by atoms with E-state index in [4.69, 9.17) is 4.74 Å². The Balaban J connectivity index is 1.91. The van der Waals surface area contributed by atoms with Gasteiger partial charge in [0.15, 0.2) is 0 Å². The number of benzene rings is 1. The van der Waals surface area contributed by atoms with Crippen LogP contribution in [0, 0.1) is 5.92 Å². The minimum Gasteiger partial charge on any atom is -0.387 e. The van der Waals surface area contributed by atoms with Gasteiger partial charge in [0.2, 0.25) is 0 Å². The third-order valence-corrected chi connectivity index (χ3v) is 4.81. The standard InChI is InChI=1S/C18H29NO2/c1-4-15-5-7-17(8-6-15)18(20)14(2)19-11-9-16(10-12-19)13-21-3/h5-8,14,16,18,20H,4,9-13H2,1-3H3. The molecule has 2 rings (SSSR count). The van der Waals surface area contributed by atoms with Gasteiger partial charge in [-0.3, -0.25) is 4.90 Å². The Labute approximate surface area is 128 Å². The first-order chi connectivity index (χ1) is 10.2. The van der Waals surface area contributed by atoms with Crippen LogP contribution in [-0.4, -0.2) is 42.9 Å². The third kappa shape index (κ3) is 4.29. The van der Waals surface area contributed by atoms with Crippen LogP contribution in [0.2, 0.25) is 0 Å². The normalized spacial score (nSPS) is 20.4. The fraction of sp³-hybridized carbons (Fsp3) is 0.667. The molecule has 2 unspecified atom stereocenters. The largest absolute Gasteiger partial charge is 0.387 e. The van der Waals surface area contributed by atoms with Crippen LogP contribution in [0.25, 0.3) is 0 Å². The lowest BCUT2D eigenvalue weighted by Crippen LogP contribution is -2.43. The zero-order valence-corrected chi connectivity index (χ0v) is 13.6. The highest BCUT2D eigenvalue weighted by Crippen LogP contribution is 2.26. The summed E-state index contributed by atoms with van der Waals surface area (Å²) in [6.07, 6.45) is 2.97. The van der Waals surface area contributed by atoms with Crippen molar-refractivity contribution >= 4 is 0 Å². The number of aliphatic hydroxyl groups excluding tert-OH is 1. The molecule has 1 N–H and O–H groups in total. The van der Waals surface area contributed by atoms with Crippen molar-refractivity contribution in [2.45, 2.75) is 45.3 Å². The fourth-order valence-corrected chi connectivity index (χ4v) is 3.19. The van der Waals surface area contributed by atoms with E-state index in [0.29, 0.717) is 5.92 Å². The first-order valence-corrected chi connectivity index (χ1v) is 8.15. The van der Waals surface area contributed by atoms with Gasteiger partial charge in [-0.15, -0.1) is 0 Å². The summed E-state index contributed by atoms with van der Waals surface area (Å²) >= 11 is 0. The first-order valence-electron chi connectivity index (χ1n) is 8.15. The van der Waals surface area contributed by atoms with Crippen LogP contribution in [-0.2, 0) is 11.2 Å². The second kappa shape index (κ2) is 7.92. The van der Waals surface area contributed by atoms with Crippen molar-refractivity contribution in [1.29, 1.82) is 0 Å². The summed E-state index contributed by atoms with van der Waals surface area (Å²) in [5, 5.41) is 10.6. The number of methoxy groups -OCH3 is 1. The molecule has 0 radical (unpaired) electrons. The average Bonchev–Trinajstić information content (AvgIpc) is 2.54. The molecule has 0 aromatic heterocycles. The molecule has 1 aliphatic rings. The van der Waals surface area contributed by atoms with Crippen molar-refractivity contribution in [2.75, 3.05) is 26.8 Å². The molecule has 0 amide bonds. The molecule has 1 fully saturated rings. The molecular weight excluding hydrogens is 262 g/mol. The van der Waals surface area contributed by atoms with Gasteiger partial charge in [-0.05, 0) is 56.3 Å². The lowest BCUT2D eigenvalue weighted by atomic mass is 9.94. The highest BCUT2D eigenvalue weighted by molar-refractivity contribution is 5.25. The van der Waals surface area contributed by atoms with Gasteiger partial charge < -0.3 is 9.84 Å². The Morgan fingerprint density at radius 2 is 1.86 bits per heavy atom. The molecule has 0 aliphatic carbocycles. The van der Waals surface area contributed by atoms with Crippen molar-refractivity contribution in [1.82, 2.24) is 4.90 Å². The number of hydrogen-bond donors (Lipinski definition) is 1. The van der Waals surface area contributed by atoms with Crippen LogP contribution in [0.15, 0.2) is 24.3 Å². The van der Waals surface area contributed by atoms with Crippen molar-refractivity contribution in [2.24, 2.45) is 5.92 Å². The van der Waals surface area contributed by atoms with Gasteiger partial charge in [0.25, 0.3) is 0 Å². The van der Waals surface area contributed by atoms with Crippen LogP contribution in [0.4, 0.5) is 0 Å². The molecule has 1 heterocycles. The Kier molecular flexibility index (Phi) is 6.22. The summed E-state index contributed by atoms with van der Waals surface area (Å²) in [5.41, 5.74) is 2.35. The molecule has 0 bridgehead atoms. The molecule has 1 aromatic rings. The maximum atomic E-state index is 10.6. The fourth-order valence-electron chi connectivity index (χ4n) is 3.19. The third-order valence-electron chi connectivity index (χ3n) is 4.81.